The van der Waals surface area contributed by atoms with Crippen molar-refractivity contribution in [3.05, 3.63) is 22.6 Å². The molecule has 0 N–H and O–H groups in total. The zero-order valence-corrected chi connectivity index (χ0v) is 9.51. The van der Waals surface area contributed by atoms with Crippen LogP contribution in [0.1, 0.15) is 10.4 Å². The molecule has 15 heavy (non-hydrogen) atoms. The van der Waals surface area contributed by atoms with Crippen molar-refractivity contribution < 1.29 is 4.79 Å². The lowest BCUT2D eigenvalue weighted by atomic mass is 10.4. The smallest absolute Gasteiger partial charge is 0.180 e. The van der Waals surface area contributed by atoms with Crippen LogP contribution in [0.3, 0.4) is 0 Å². The van der Waals surface area contributed by atoms with E-state index in [9.17, 15) is 4.79 Å². The van der Waals surface area contributed by atoms with Crippen LogP contribution < -0.4 is 0 Å². The molecule has 2 aromatic rings. The molecule has 2 heterocycles. The minimum atomic E-state index is 0.145. The number of halogens is 1. The maximum absolute atomic E-state index is 10.8. The number of hydrogen-bond acceptors (Lipinski definition) is 7. The van der Waals surface area contributed by atoms with E-state index >= 15 is 0 Å². The number of carbonyl (C=O) groups excluding carboxylic acids is 1. The molecular weight excluding hydrogens is 256 g/mol. The number of carbonyl (C=O) groups is 1. The first-order chi connectivity index (χ1) is 7.31. The molecule has 2 aromatic heterocycles. The quantitative estimate of drug-likeness (QED) is 0.619. The Labute approximate surface area is 97.9 Å². The van der Waals surface area contributed by atoms with E-state index in [0.29, 0.717) is 15.7 Å². The molecule has 8 heteroatoms. The molecule has 0 aliphatic carbocycles. The molecule has 0 aliphatic heterocycles. The summed E-state index contributed by atoms with van der Waals surface area (Å²) in [6.07, 6.45) is 1.93. The largest absolute Gasteiger partial charge is 0.298 e. The van der Waals surface area contributed by atoms with Gasteiger partial charge in [0.15, 0.2) is 10.6 Å². The molecule has 0 spiro atoms. The Morgan fingerprint density at radius 3 is 3.00 bits per heavy atom. The van der Waals surface area contributed by atoms with Gasteiger partial charge in [-0.05, 0) is 11.8 Å². The summed E-state index contributed by atoms with van der Waals surface area (Å²) in [7, 11) is 0. The fourth-order valence-electron chi connectivity index (χ4n) is 0.830. The molecule has 5 nitrogen and oxygen atoms in total. The van der Waals surface area contributed by atoms with Gasteiger partial charge in [0.05, 0.1) is 5.56 Å². The average Bonchev–Trinajstić information content (AvgIpc) is 2.71. The van der Waals surface area contributed by atoms with Gasteiger partial charge in [0.2, 0.25) is 0 Å². The lowest BCUT2D eigenvalue weighted by Gasteiger charge is -2.00. The second-order valence-corrected chi connectivity index (χ2v) is 4.74. The van der Waals surface area contributed by atoms with Crippen molar-refractivity contribution in [1.82, 2.24) is 20.2 Å². The highest BCUT2D eigenvalue weighted by molar-refractivity contribution is 8.01. The van der Waals surface area contributed by atoms with Crippen LogP contribution in [0.5, 0.6) is 0 Å². The Bertz CT molecular complexity index is 476. The Morgan fingerprint density at radius 1 is 1.47 bits per heavy atom. The molecule has 0 radical (unpaired) electrons. The minimum Gasteiger partial charge on any atom is -0.298 e. The number of rotatable bonds is 3. The van der Waals surface area contributed by atoms with Gasteiger partial charge in [-0.2, -0.15) is 0 Å². The number of nitrogens with zero attached hydrogens (tertiary/aromatic N) is 4. The highest BCUT2D eigenvalue weighted by Gasteiger charge is 2.11. The molecule has 0 saturated carbocycles. The van der Waals surface area contributed by atoms with Crippen LogP contribution in [0.15, 0.2) is 21.2 Å². The van der Waals surface area contributed by atoms with Gasteiger partial charge in [-0.25, -0.2) is 9.97 Å². The first kappa shape index (κ1) is 10.5. The van der Waals surface area contributed by atoms with Crippen molar-refractivity contribution in [2.45, 2.75) is 9.37 Å². The summed E-state index contributed by atoms with van der Waals surface area (Å²) in [5, 5.41) is 8.14. The Balaban J connectivity index is 2.36. The van der Waals surface area contributed by atoms with Gasteiger partial charge >= 0.3 is 0 Å². The van der Waals surface area contributed by atoms with Crippen molar-refractivity contribution in [2.75, 3.05) is 0 Å². The van der Waals surface area contributed by atoms with E-state index < -0.39 is 0 Å². The third kappa shape index (κ3) is 2.31. The van der Waals surface area contributed by atoms with Crippen LogP contribution in [0.25, 0.3) is 0 Å². The topological polar surface area (TPSA) is 68.6 Å². The van der Waals surface area contributed by atoms with Gasteiger partial charge in [0.1, 0.15) is 22.0 Å². The first-order valence-electron chi connectivity index (χ1n) is 3.71. The minimum absolute atomic E-state index is 0.145. The van der Waals surface area contributed by atoms with Gasteiger partial charge < -0.3 is 0 Å². The molecule has 0 aliphatic rings. The van der Waals surface area contributed by atoms with Gasteiger partial charge in [0.25, 0.3) is 0 Å². The third-order valence-electron chi connectivity index (χ3n) is 1.44. The summed E-state index contributed by atoms with van der Waals surface area (Å²) in [6, 6.07) is 0. The van der Waals surface area contributed by atoms with E-state index in [4.69, 9.17) is 11.6 Å². The second kappa shape index (κ2) is 4.65. The van der Waals surface area contributed by atoms with E-state index in [0.717, 1.165) is 0 Å². The summed E-state index contributed by atoms with van der Waals surface area (Å²) < 4.78 is 0.702. The van der Waals surface area contributed by atoms with Crippen molar-refractivity contribution in [2.24, 2.45) is 0 Å². The number of hydrogen-bond donors (Lipinski definition) is 0. The van der Waals surface area contributed by atoms with Gasteiger partial charge in [-0.3, -0.25) is 4.79 Å². The highest BCUT2D eigenvalue weighted by atomic mass is 35.5. The molecule has 0 unspecified atom stereocenters. The summed E-state index contributed by atoms with van der Waals surface area (Å²) in [4.78, 5) is 18.4. The van der Waals surface area contributed by atoms with Crippen LogP contribution in [0.2, 0.25) is 5.15 Å². The van der Waals surface area contributed by atoms with Crippen molar-refractivity contribution in [3.8, 4) is 0 Å². The normalized spacial score (nSPS) is 10.2. The molecule has 0 bridgehead atoms. The Morgan fingerprint density at radius 2 is 2.33 bits per heavy atom. The van der Waals surface area contributed by atoms with Crippen LogP contribution in [0.4, 0.5) is 0 Å². The summed E-state index contributed by atoms with van der Waals surface area (Å²) in [5.74, 6) is 0. The first-order valence-corrected chi connectivity index (χ1v) is 5.78. The number of aromatic nitrogens is 4. The van der Waals surface area contributed by atoms with Crippen LogP contribution in [-0.4, -0.2) is 26.5 Å². The molecule has 0 amide bonds. The maximum atomic E-state index is 10.8. The molecular formula is C7H3ClN4OS2. The van der Waals surface area contributed by atoms with Crippen molar-refractivity contribution >= 4 is 41.0 Å². The molecule has 0 saturated heterocycles. The maximum Gasteiger partial charge on any atom is 0.180 e. The Kier molecular flexibility index (Phi) is 3.24. The lowest BCUT2D eigenvalue weighted by molar-refractivity contribution is 0.112. The molecule has 0 aromatic carbocycles. The second-order valence-electron chi connectivity index (χ2n) is 2.31. The van der Waals surface area contributed by atoms with Crippen molar-refractivity contribution in [1.29, 1.82) is 0 Å². The summed E-state index contributed by atoms with van der Waals surface area (Å²) in [5.41, 5.74) is 1.88. The molecule has 76 valence electrons. The molecule has 0 atom stereocenters. The Hall–Kier alpha value is -1.05. The highest BCUT2D eigenvalue weighted by Crippen LogP contribution is 2.30. The predicted molar refractivity (Wildman–Crippen MR) is 56.5 cm³/mol. The van der Waals surface area contributed by atoms with Crippen LogP contribution >= 0.6 is 34.7 Å². The fourth-order valence-corrected chi connectivity index (χ4v) is 2.51. The van der Waals surface area contributed by atoms with E-state index in [2.05, 4.69) is 20.2 Å². The summed E-state index contributed by atoms with van der Waals surface area (Å²) >= 11 is 8.34. The van der Waals surface area contributed by atoms with Crippen LogP contribution in [0, 0.1) is 0 Å². The zero-order chi connectivity index (χ0) is 10.7. The summed E-state index contributed by atoms with van der Waals surface area (Å²) in [6.45, 7) is 0. The van der Waals surface area contributed by atoms with Crippen LogP contribution in [-0.2, 0) is 0 Å². The standard InChI is InChI=1S/C7H3ClN4OS2/c8-5-4(1-13)6(10-2-9-5)15-7-12-11-3-14-7/h1-3H. The van der Waals surface area contributed by atoms with E-state index in [1.54, 1.807) is 5.51 Å². The number of aldehydes is 1. The van der Waals surface area contributed by atoms with Gasteiger partial charge in [-0.1, -0.05) is 22.9 Å². The van der Waals surface area contributed by atoms with Gasteiger partial charge in [-0.15, -0.1) is 10.2 Å². The van der Waals surface area contributed by atoms with Gasteiger partial charge in [0, 0.05) is 0 Å². The van der Waals surface area contributed by atoms with E-state index in [1.165, 1.54) is 29.4 Å². The van der Waals surface area contributed by atoms with E-state index in [-0.39, 0.29) is 10.7 Å². The third-order valence-corrected chi connectivity index (χ3v) is 3.54. The zero-order valence-electron chi connectivity index (χ0n) is 7.12. The van der Waals surface area contributed by atoms with E-state index in [1.807, 2.05) is 0 Å². The average molecular weight is 259 g/mol. The van der Waals surface area contributed by atoms with Crippen molar-refractivity contribution in [3.63, 3.8) is 0 Å². The monoisotopic (exact) mass is 258 g/mol. The molecule has 2 rings (SSSR count). The lowest BCUT2D eigenvalue weighted by Crippen LogP contribution is -1.93. The molecule has 0 fully saturated rings. The SMILES string of the molecule is O=Cc1c(Cl)ncnc1Sc1nncs1. The fraction of sp³-hybridized carbons (Fsp3) is 0. The predicted octanol–water partition coefficient (Wildman–Crippen LogP) is 1.95.